The standard InChI is InChI=1S/C15H16N2O/c1-9-7-11(3)13(8-10(9)2)14-5-6-16-15(17-14)12(4)18/h5-8H,1-4H3. The van der Waals surface area contributed by atoms with Crippen LogP contribution in [0.3, 0.4) is 0 Å². The Morgan fingerprint density at radius 1 is 1.06 bits per heavy atom. The molecule has 0 bridgehead atoms. The molecular formula is C15H16N2O. The van der Waals surface area contributed by atoms with Crippen molar-refractivity contribution in [2.75, 3.05) is 0 Å². The molecule has 0 saturated heterocycles. The van der Waals surface area contributed by atoms with Crippen LogP contribution in [0.15, 0.2) is 24.4 Å². The number of carbonyl (C=O) groups is 1. The van der Waals surface area contributed by atoms with Crippen molar-refractivity contribution in [3.05, 3.63) is 46.9 Å². The van der Waals surface area contributed by atoms with Crippen molar-refractivity contribution in [2.45, 2.75) is 27.7 Å². The minimum atomic E-state index is -0.113. The van der Waals surface area contributed by atoms with E-state index in [1.807, 2.05) is 6.07 Å². The lowest BCUT2D eigenvalue weighted by Gasteiger charge is -2.09. The van der Waals surface area contributed by atoms with Gasteiger partial charge in [-0.05, 0) is 49.6 Å². The highest BCUT2D eigenvalue weighted by Gasteiger charge is 2.09. The van der Waals surface area contributed by atoms with Crippen molar-refractivity contribution >= 4 is 5.78 Å². The minimum absolute atomic E-state index is 0.113. The van der Waals surface area contributed by atoms with E-state index in [1.54, 1.807) is 6.20 Å². The molecule has 0 amide bonds. The fourth-order valence-corrected chi connectivity index (χ4v) is 1.91. The molecule has 2 aromatic rings. The maximum Gasteiger partial charge on any atom is 0.196 e. The van der Waals surface area contributed by atoms with E-state index < -0.39 is 0 Å². The van der Waals surface area contributed by atoms with Gasteiger partial charge in [0, 0.05) is 18.7 Å². The van der Waals surface area contributed by atoms with Crippen molar-refractivity contribution in [1.29, 1.82) is 0 Å². The number of benzene rings is 1. The third-order valence-electron chi connectivity index (χ3n) is 3.09. The van der Waals surface area contributed by atoms with Crippen LogP contribution < -0.4 is 0 Å². The van der Waals surface area contributed by atoms with Gasteiger partial charge in [-0.3, -0.25) is 4.79 Å². The molecule has 0 aliphatic carbocycles. The van der Waals surface area contributed by atoms with Gasteiger partial charge < -0.3 is 0 Å². The molecule has 2 rings (SSSR count). The molecule has 0 aliphatic rings. The number of ketones is 1. The Kier molecular flexibility index (Phi) is 3.24. The minimum Gasteiger partial charge on any atom is -0.291 e. The summed E-state index contributed by atoms with van der Waals surface area (Å²) in [5.74, 6) is 0.156. The van der Waals surface area contributed by atoms with E-state index in [4.69, 9.17) is 0 Å². The number of hydrogen-bond donors (Lipinski definition) is 0. The molecule has 1 aromatic heterocycles. The zero-order chi connectivity index (χ0) is 13.3. The molecule has 0 atom stereocenters. The van der Waals surface area contributed by atoms with E-state index in [-0.39, 0.29) is 11.6 Å². The highest BCUT2D eigenvalue weighted by molar-refractivity contribution is 5.90. The van der Waals surface area contributed by atoms with Gasteiger partial charge in [0.15, 0.2) is 11.6 Å². The Balaban J connectivity index is 2.58. The van der Waals surface area contributed by atoms with E-state index >= 15 is 0 Å². The number of Topliss-reactive ketones (excluding diaryl/α,β-unsaturated/α-hetero) is 1. The second kappa shape index (κ2) is 4.69. The van der Waals surface area contributed by atoms with Crippen LogP contribution in [0.2, 0.25) is 0 Å². The van der Waals surface area contributed by atoms with Crippen LogP contribution in [0.1, 0.15) is 34.2 Å². The first-order valence-electron chi connectivity index (χ1n) is 5.91. The number of aromatic nitrogens is 2. The summed E-state index contributed by atoms with van der Waals surface area (Å²) < 4.78 is 0. The maximum absolute atomic E-state index is 11.3. The molecule has 92 valence electrons. The second-order valence-electron chi connectivity index (χ2n) is 4.57. The van der Waals surface area contributed by atoms with Gasteiger partial charge in [-0.2, -0.15) is 0 Å². The molecule has 0 fully saturated rings. The molecular weight excluding hydrogens is 224 g/mol. The average molecular weight is 240 g/mol. The van der Waals surface area contributed by atoms with Crippen LogP contribution in [0.5, 0.6) is 0 Å². The molecule has 0 N–H and O–H groups in total. The molecule has 0 saturated carbocycles. The predicted octanol–water partition coefficient (Wildman–Crippen LogP) is 3.27. The molecule has 0 radical (unpaired) electrons. The smallest absolute Gasteiger partial charge is 0.196 e. The number of aryl methyl sites for hydroxylation is 3. The van der Waals surface area contributed by atoms with E-state index in [0.717, 1.165) is 16.8 Å². The molecule has 0 unspecified atom stereocenters. The quantitative estimate of drug-likeness (QED) is 0.756. The lowest BCUT2D eigenvalue weighted by Crippen LogP contribution is -2.02. The Bertz CT molecular complexity index is 618. The van der Waals surface area contributed by atoms with Gasteiger partial charge in [0.2, 0.25) is 0 Å². The number of rotatable bonds is 2. The van der Waals surface area contributed by atoms with Crippen LogP contribution in [-0.2, 0) is 0 Å². The molecule has 0 spiro atoms. The van der Waals surface area contributed by atoms with E-state index in [2.05, 4.69) is 42.9 Å². The molecule has 18 heavy (non-hydrogen) atoms. The molecule has 3 heteroatoms. The average Bonchev–Trinajstić information content (AvgIpc) is 2.34. The number of nitrogens with zero attached hydrogens (tertiary/aromatic N) is 2. The third-order valence-corrected chi connectivity index (χ3v) is 3.09. The fourth-order valence-electron chi connectivity index (χ4n) is 1.91. The van der Waals surface area contributed by atoms with Crippen molar-refractivity contribution < 1.29 is 4.79 Å². The van der Waals surface area contributed by atoms with Gasteiger partial charge >= 0.3 is 0 Å². The SMILES string of the molecule is CC(=O)c1nccc(-c2cc(C)c(C)cc2C)n1. The lowest BCUT2D eigenvalue weighted by atomic mass is 9.98. The van der Waals surface area contributed by atoms with Crippen LogP contribution in [0.25, 0.3) is 11.3 Å². The van der Waals surface area contributed by atoms with Gasteiger partial charge in [-0.15, -0.1) is 0 Å². The van der Waals surface area contributed by atoms with Gasteiger partial charge in [0.25, 0.3) is 0 Å². The summed E-state index contributed by atoms with van der Waals surface area (Å²) in [5, 5.41) is 0. The van der Waals surface area contributed by atoms with Gasteiger partial charge in [0.05, 0.1) is 5.69 Å². The molecule has 1 heterocycles. The molecule has 1 aromatic carbocycles. The van der Waals surface area contributed by atoms with Crippen molar-refractivity contribution in [1.82, 2.24) is 9.97 Å². The number of carbonyl (C=O) groups excluding carboxylic acids is 1. The number of hydrogen-bond acceptors (Lipinski definition) is 3. The Hall–Kier alpha value is -2.03. The summed E-state index contributed by atoms with van der Waals surface area (Å²) in [4.78, 5) is 19.6. The van der Waals surface area contributed by atoms with Gasteiger partial charge in [0.1, 0.15) is 0 Å². The van der Waals surface area contributed by atoms with Gasteiger partial charge in [-0.1, -0.05) is 6.07 Å². The highest BCUT2D eigenvalue weighted by atomic mass is 16.1. The van der Waals surface area contributed by atoms with E-state index in [0.29, 0.717) is 0 Å². The highest BCUT2D eigenvalue weighted by Crippen LogP contribution is 2.24. The van der Waals surface area contributed by atoms with Crippen LogP contribution >= 0.6 is 0 Å². The van der Waals surface area contributed by atoms with Crippen molar-refractivity contribution in [2.24, 2.45) is 0 Å². The summed E-state index contributed by atoms with van der Waals surface area (Å²) >= 11 is 0. The topological polar surface area (TPSA) is 42.9 Å². The van der Waals surface area contributed by atoms with E-state index in [9.17, 15) is 4.79 Å². The summed E-state index contributed by atoms with van der Waals surface area (Å²) in [6.07, 6.45) is 1.63. The monoisotopic (exact) mass is 240 g/mol. The predicted molar refractivity (Wildman–Crippen MR) is 71.7 cm³/mol. The first-order chi connectivity index (χ1) is 8.49. The Morgan fingerprint density at radius 2 is 1.72 bits per heavy atom. The maximum atomic E-state index is 11.3. The Morgan fingerprint density at radius 3 is 2.39 bits per heavy atom. The normalized spacial score (nSPS) is 10.4. The Labute approximate surface area is 107 Å². The van der Waals surface area contributed by atoms with Crippen molar-refractivity contribution in [3.8, 4) is 11.3 Å². The zero-order valence-electron chi connectivity index (χ0n) is 11.1. The second-order valence-corrected chi connectivity index (χ2v) is 4.57. The zero-order valence-corrected chi connectivity index (χ0v) is 11.1. The van der Waals surface area contributed by atoms with Crippen LogP contribution in [0.4, 0.5) is 0 Å². The third kappa shape index (κ3) is 2.30. The fraction of sp³-hybridized carbons (Fsp3) is 0.267. The lowest BCUT2D eigenvalue weighted by molar-refractivity contribution is 0.100. The molecule has 3 nitrogen and oxygen atoms in total. The summed E-state index contributed by atoms with van der Waals surface area (Å²) in [7, 11) is 0. The van der Waals surface area contributed by atoms with Crippen molar-refractivity contribution in [3.63, 3.8) is 0 Å². The van der Waals surface area contributed by atoms with Crippen LogP contribution in [0, 0.1) is 20.8 Å². The van der Waals surface area contributed by atoms with E-state index in [1.165, 1.54) is 18.1 Å². The largest absolute Gasteiger partial charge is 0.291 e. The first-order valence-corrected chi connectivity index (χ1v) is 5.91. The van der Waals surface area contributed by atoms with Gasteiger partial charge in [-0.25, -0.2) is 9.97 Å². The summed E-state index contributed by atoms with van der Waals surface area (Å²) in [6, 6.07) is 6.08. The molecule has 0 aliphatic heterocycles. The first kappa shape index (κ1) is 12.4. The summed E-state index contributed by atoms with van der Waals surface area (Å²) in [5.41, 5.74) is 5.50. The summed E-state index contributed by atoms with van der Waals surface area (Å²) in [6.45, 7) is 7.70. The van der Waals surface area contributed by atoms with Crippen LogP contribution in [-0.4, -0.2) is 15.8 Å².